The average molecular weight is 292 g/mol. The molecule has 0 N–H and O–H groups in total. The molecule has 0 aliphatic rings. The first kappa shape index (κ1) is 15.9. The molecule has 0 bridgehead atoms. The monoisotopic (exact) mass is 292 g/mol. The van der Waals surface area contributed by atoms with Crippen molar-refractivity contribution in [1.82, 2.24) is 0 Å². The highest BCUT2D eigenvalue weighted by molar-refractivity contribution is 5.39. The van der Waals surface area contributed by atoms with Crippen LogP contribution in [-0.2, 0) is 12.8 Å². The summed E-state index contributed by atoms with van der Waals surface area (Å²) in [4.78, 5) is 23.8. The van der Waals surface area contributed by atoms with Crippen molar-refractivity contribution >= 4 is 0 Å². The third-order valence-electron chi connectivity index (χ3n) is 3.97. The zero-order valence-electron chi connectivity index (χ0n) is 12.8. The molecular weight excluding hydrogens is 272 g/mol. The Kier molecular flexibility index (Phi) is 5.05. The molecule has 0 fully saturated rings. The zero-order valence-corrected chi connectivity index (χ0v) is 12.8. The first-order valence-corrected chi connectivity index (χ1v) is 7.38. The van der Waals surface area contributed by atoms with E-state index in [4.69, 9.17) is 0 Å². The largest absolute Gasteiger partial charge is 0.285 e. The van der Waals surface area contributed by atoms with E-state index in [1.165, 1.54) is 0 Å². The van der Waals surface area contributed by atoms with Crippen LogP contribution in [-0.4, -0.2) is 0 Å². The molecule has 2 aromatic carbocycles. The third-order valence-corrected chi connectivity index (χ3v) is 3.97. The van der Waals surface area contributed by atoms with Crippen LogP contribution in [0.4, 0.5) is 0 Å². The van der Waals surface area contributed by atoms with Crippen LogP contribution in [0.1, 0.15) is 23.6 Å². The van der Waals surface area contributed by atoms with E-state index in [0.717, 1.165) is 11.1 Å². The first-order chi connectivity index (χ1) is 10.6. The summed E-state index contributed by atoms with van der Waals surface area (Å²) < 4.78 is 0. The molecule has 2 heteroatoms. The van der Waals surface area contributed by atoms with Gasteiger partial charge < -0.3 is 0 Å². The van der Waals surface area contributed by atoms with Crippen molar-refractivity contribution in [3.63, 3.8) is 0 Å². The first-order valence-electron chi connectivity index (χ1n) is 7.38. The Hall–Kier alpha value is -2.48. The number of hydrogen-bond acceptors (Lipinski definition) is 2. The highest BCUT2D eigenvalue weighted by atomic mass is 16.2. The lowest BCUT2D eigenvalue weighted by molar-refractivity contribution is 0.679. The zero-order chi connectivity index (χ0) is 16.1. The van der Waals surface area contributed by atoms with E-state index in [0.29, 0.717) is 24.0 Å². The second-order valence-corrected chi connectivity index (χ2v) is 5.49. The molecule has 2 nitrogen and oxygen atoms in total. The smallest absolute Gasteiger partial charge is 0.229 e. The Morgan fingerprint density at radius 2 is 1.73 bits per heavy atom. The average Bonchev–Trinajstić information content (AvgIpc) is 2.56. The summed E-state index contributed by atoms with van der Waals surface area (Å²) in [6.07, 6.45) is 6.47. The summed E-state index contributed by atoms with van der Waals surface area (Å²) in [5.74, 6) is 0.133. The van der Waals surface area contributed by atoms with Gasteiger partial charge in [0.05, 0.1) is 0 Å². The number of allylic oxidation sites excluding steroid dienone is 4. The maximum atomic E-state index is 11.9. The van der Waals surface area contributed by atoms with Gasteiger partial charge in [0.15, 0.2) is 0 Å². The molecular formula is C20H20O2. The molecule has 2 aromatic rings. The van der Waals surface area contributed by atoms with Crippen LogP contribution in [0.2, 0.25) is 0 Å². The van der Waals surface area contributed by atoms with Crippen LogP contribution in [0.15, 0.2) is 76.9 Å². The molecule has 0 unspecified atom stereocenters. The molecule has 0 aromatic heterocycles. The van der Waals surface area contributed by atoms with Gasteiger partial charge in [-0.05, 0) is 23.5 Å². The van der Waals surface area contributed by atoms with Crippen LogP contribution < -0.4 is 10.9 Å². The van der Waals surface area contributed by atoms with Crippen molar-refractivity contribution in [2.24, 2.45) is 5.92 Å². The molecule has 0 heterocycles. The van der Waals surface area contributed by atoms with E-state index in [1.54, 1.807) is 12.2 Å². The van der Waals surface area contributed by atoms with Gasteiger partial charge in [-0.25, -0.2) is 0 Å². The lowest BCUT2D eigenvalue weighted by Crippen LogP contribution is -2.40. The fourth-order valence-electron chi connectivity index (χ4n) is 2.68. The number of benzene rings is 1. The van der Waals surface area contributed by atoms with Gasteiger partial charge >= 0.3 is 0 Å². The molecule has 0 amide bonds. The van der Waals surface area contributed by atoms with E-state index >= 15 is 0 Å². The van der Waals surface area contributed by atoms with Gasteiger partial charge in [-0.2, -0.15) is 0 Å². The molecule has 0 saturated heterocycles. The Morgan fingerprint density at radius 1 is 1.09 bits per heavy atom. The summed E-state index contributed by atoms with van der Waals surface area (Å²) in [7, 11) is 0. The minimum atomic E-state index is -0.334. The summed E-state index contributed by atoms with van der Waals surface area (Å²) in [6.45, 7) is 9.50. The van der Waals surface area contributed by atoms with Crippen LogP contribution in [0.3, 0.4) is 0 Å². The maximum absolute atomic E-state index is 11.9. The van der Waals surface area contributed by atoms with E-state index < -0.39 is 0 Å². The predicted molar refractivity (Wildman–Crippen MR) is 91.9 cm³/mol. The van der Waals surface area contributed by atoms with Crippen LogP contribution in [0.5, 0.6) is 0 Å². The van der Waals surface area contributed by atoms with Crippen molar-refractivity contribution in [2.45, 2.75) is 19.8 Å². The molecule has 22 heavy (non-hydrogen) atoms. The Morgan fingerprint density at radius 3 is 2.32 bits per heavy atom. The van der Waals surface area contributed by atoms with Crippen LogP contribution in [0.25, 0.3) is 0 Å². The Labute approximate surface area is 130 Å². The summed E-state index contributed by atoms with van der Waals surface area (Å²) >= 11 is 0. The fraction of sp³-hybridized carbons (Fsp3) is 0.200. The molecule has 112 valence electrons. The third kappa shape index (κ3) is 3.22. The van der Waals surface area contributed by atoms with Gasteiger partial charge in [0.2, 0.25) is 10.9 Å². The van der Waals surface area contributed by atoms with Crippen molar-refractivity contribution in [2.75, 3.05) is 0 Å². The van der Waals surface area contributed by atoms with Gasteiger partial charge in [0.25, 0.3) is 0 Å². The molecule has 0 aliphatic heterocycles. The molecule has 1 atom stereocenters. The lowest BCUT2D eigenvalue weighted by Gasteiger charge is -2.16. The predicted octanol–water partition coefficient (Wildman–Crippen LogP) is 3.35. The quantitative estimate of drug-likeness (QED) is 0.579. The molecule has 2 rings (SSSR count). The van der Waals surface area contributed by atoms with Crippen molar-refractivity contribution in [1.29, 1.82) is 0 Å². The van der Waals surface area contributed by atoms with Crippen molar-refractivity contribution in [3.05, 3.63) is 104 Å². The minimum absolute atomic E-state index is 0.133. The molecule has 0 radical (unpaired) electrons. The molecule has 0 spiro atoms. The number of hydrogen-bond donors (Lipinski definition) is 0. The van der Waals surface area contributed by atoms with Gasteiger partial charge in [0.1, 0.15) is 0 Å². The highest BCUT2D eigenvalue weighted by Crippen LogP contribution is 2.19. The normalized spacial score (nSPS) is 13.0. The summed E-state index contributed by atoms with van der Waals surface area (Å²) in [5.41, 5.74) is 2.73. The van der Waals surface area contributed by atoms with Gasteiger partial charge in [-0.15, -0.1) is 0 Å². The van der Waals surface area contributed by atoms with Gasteiger partial charge in [-0.1, -0.05) is 68.6 Å². The minimum Gasteiger partial charge on any atom is -0.285 e. The Bertz CT molecular complexity index is 772. The van der Waals surface area contributed by atoms with E-state index in [9.17, 15) is 9.59 Å². The summed E-state index contributed by atoms with van der Waals surface area (Å²) in [6, 6.07) is 9.75. The standard InChI is InChI=1S/C20H20O2/c1-4-9-16(5-2)14(3)12-17-18(20(22)19(17)21)13-15-10-7-6-8-11-15/h4-11,14H,1-2,12-13H2,3H3/b16-9+/t14-/m0/s1. The summed E-state index contributed by atoms with van der Waals surface area (Å²) in [5, 5.41) is 0. The van der Waals surface area contributed by atoms with E-state index in [1.807, 2.05) is 43.3 Å². The molecule has 0 saturated carbocycles. The topological polar surface area (TPSA) is 34.1 Å². The van der Waals surface area contributed by atoms with Crippen molar-refractivity contribution < 1.29 is 0 Å². The molecule has 0 aliphatic carbocycles. The maximum Gasteiger partial charge on any atom is 0.229 e. The number of rotatable bonds is 7. The van der Waals surface area contributed by atoms with Gasteiger partial charge in [-0.3, -0.25) is 9.59 Å². The highest BCUT2D eigenvalue weighted by Gasteiger charge is 2.22. The second-order valence-electron chi connectivity index (χ2n) is 5.49. The van der Waals surface area contributed by atoms with Crippen molar-refractivity contribution in [3.8, 4) is 0 Å². The second kappa shape index (κ2) is 6.99. The van der Waals surface area contributed by atoms with Gasteiger partial charge in [0, 0.05) is 17.5 Å². The van der Waals surface area contributed by atoms with E-state index in [2.05, 4.69) is 13.2 Å². The SMILES string of the molecule is C=C/C=C(\C=C)[C@@H](C)Cc1c(Cc2ccccc2)c(=O)c1=O. The van der Waals surface area contributed by atoms with E-state index in [-0.39, 0.29) is 16.8 Å². The fourth-order valence-corrected chi connectivity index (χ4v) is 2.68. The van der Waals surface area contributed by atoms with Crippen LogP contribution >= 0.6 is 0 Å². The van der Waals surface area contributed by atoms with Crippen LogP contribution in [0, 0.1) is 5.92 Å². The Balaban J connectivity index is 2.23. The lowest BCUT2D eigenvalue weighted by atomic mass is 9.86.